The number of hydrogen-bond donors (Lipinski definition) is 1. The number of carbonyl (C=O) groups is 1. The number of amides is 2. The van der Waals surface area contributed by atoms with Crippen molar-refractivity contribution in [3.8, 4) is 5.75 Å². The van der Waals surface area contributed by atoms with E-state index in [0.717, 1.165) is 5.75 Å². The number of rotatable bonds is 5. The van der Waals surface area contributed by atoms with E-state index in [-0.39, 0.29) is 12.1 Å². The first kappa shape index (κ1) is 14.0. The van der Waals surface area contributed by atoms with Crippen LogP contribution in [0.2, 0.25) is 5.02 Å². The lowest BCUT2D eigenvalue weighted by molar-refractivity contribution is 0.0438. The number of nitrogens with zero attached hydrogens (tertiary/aromatic N) is 1. The molecular weight excluding hydrogens is 268 g/mol. The molecule has 0 aliphatic carbocycles. The third kappa shape index (κ3) is 4.01. The van der Waals surface area contributed by atoms with Gasteiger partial charge in [-0.15, -0.1) is 0 Å². The molecule has 6 heteroatoms. The highest BCUT2D eigenvalue weighted by Crippen LogP contribution is 2.20. The summed E-state index contributed by atoms with van der Waals surface area (Å²) in [5.74, 6) is 0.772. The quantitative estimate of drug-likeness (QED) is 0.838. The molecule has 1 N–H and O–H groups in total. The van der Waals surface area contributed by atoms with Crippen molar-refractivity contribution in [2.24, 2.45) is 0 Å². The molecule has 1 fully saturated rings. The van der Waals surface area contributed by atoms with Crippen LogP contribution in [0.15, 0.2) is 24.3 Å². The van der Waals surface area contributed by atoms with Crippen LogP contribution < -0.4 is 10.1 Å². The van der Waals surface area contributed by atoms with Crippen LogP contribution in [-0.2, 0) is 4.74 Å². The number of urea groups is 1. The number of methoxy groups -OCH3 is 1. The molecule has 2 amide bonds. The minimum absolute atomic E-state index is 0.0503. The molecule has 1 heterocycles. The lowest BCUT2D eigenvalue weighted by Crippen LogP contribution is -2.59. The lowest BCUT2D eigenvalue weighted by atomic mass is 10.2. The Labute approximate surface area is 117 Å². The fourth-order valence-electron chi connectivity index (χ4n) is 1.76. The summed E-state index contributed by atoms with van der Waals surface area (Å²) in [5, 5.41) is 3.45. The van der Waals surface area contributed by atoms with Gasteiger partial charge in [-0.05, 0) is 24.3 Å². The average Bonchev–Trinajstić information content (AvgIpc) is 2.35. The van der Waals surface area contributed by atoms with E-state index in [9.17, 15) is 4.79 Å². The summed E-state index contributed by atoms with van der Waals surface area (Å²) in [6, 6.07) is 7.14. The number of nitrogens with one attached hydrogen (secondary N) is 1. The Kier molecular flexibility index (Phi) is 4.87. The van der Waals surface area contributed by atoms with Crippen LogP contribution in [0.5, 0.6) is 5.75 Å². The molecule has 0 spiro atoms. The number of halogens is 1. The van der Waals surface area contributed by atoms with Crippen LogP contribution in [0.3, 0.4) is 0 Å². The summed E-state index contributed by atoms with van der Waals surface area (Å²) < 4.78 is 10.6. The molecular formula is C13H17ClN2O3. The Morgan fingerprint density at radius 1 is 1.42 bits per heavy atom. The van der Waals surface area contributed by atoms with E-state index in [1.807, 2.05) is 12.1 Å². The van der Waals surface area contributed by atoms with Crippen molar-refractivity contribution >= 4 is 17.6 Å². The Morgan fingerprint density at radius 3 is 2.74 bits per heavy atom. The zero-order chi connectivity index (χ0) is 13.7. The van der Waals surface area contributed by atoms with Gasteiger partial charge in [-0.2, -0.15) is 0 Å². The van der Waals surface area contributed by atoms with Crippen molar-refractivity contribution in [1.29, 1.82) is 0 Å². The molecule has 1 aromatic carbocycles. The van der Waals surface area contributed by atoms with Gasteiger partial charge >= 0.3 is 6.03 Å². The average molecular weight is 285 g/mol. The second kappa shape index (κ2) is 6.63. The van der Waals surface area contributed by atoms with Crippen molar-refractivity contribution in [3.05, 3.63) is 29.3 Å². The summed E-state index contributed by atoms with van der Waals surface area (Å²) in [6.45, 7) is 2.24. The van der Waals surface area contributed by atoms with E-state index in [2.05, 4.69) is 5.32 Å². The summed E-state index contributed by atoms with van der Waals surface area (Å²) in [5.41, 5.74) is 0. The molecule has 0 aromatic heterocycles. The van der Waals surface area contributed by atoms with Crippen molar-refractivity contribution in [2.75, 3.05) is 33.4 Å². The Morgan fingerprint density at radius 2 is 2.11 bits per heavy atom. The largest absolute Gasteiger partial charge is 0.487 e. The zero-order valence-corrected chi connectivity index (χ0v) is 11.5. The maximum absolute atomic E-state index is 11.6. The van der Waals surface area contributed by atoms with Gasteiger partial charge in [0.1, 0.15) is 11.9 Å². The van der Waals surface area contributed by atoms with Gasteiger partial charge in [0.25, 0.3) is 0 Å². The predicted molar refractivity (Wildman–Crippen MR) is 72.7 cm³/mol. The highest BCUT2D eigenvalue weighted by Gasteiger charge is 2.32. The first-order chi connectivity index (χ1) is 9.19. The molecule has 5 nitrogen and oxygen atoms in total. The second-order valence-electron chi connectivity index (χ2n) is 4.32. The topological polar surface area (TPSA) is 50.8 Å². The smallest absolute Gasteiger partial charge is 0.317 e. The minimum Gasteiger partial charge on any atom is -0.487 e. The van der Waals surface area contributed by atoms with E-state index >= 15 is 0 Å². The van der Waals surface area contributed by atoms with Crippen molar-refractivity contribution in [1.82, 2.24) is 10.2 Å². The molecule has 1 saturated heterocycles. The lowest BCUT2D eigenvalue weighted by Gasteiger charge is -2.38. The molecule has 0 atom stereocenters. The van der Waals surface area contributed by atoms with E-state index in [4.69, 9.17) is 21.1 Å². The van der Waals surface area contributed by atoms with Gasteiger partial charge in [-0.1, -0.05) is 11.6 Å². The van der Waals surface area contributed by atoms with Gasteiger partial charge in [-0.3, -0.25) is 0 Å². The first-order valence-corrected chi connectivity index (χ1v) is 6.51. The monoisotopic (exact) mass is 284 g/mol. The summed E-state index contributed by atoms with van der Waals surface area (Å²) in [4.78, 5) is 13.3. The van der Waals surface area contributed by atoms with Crippen molar-refractivity contribution < 1.29 is 14.3 Å². The molecule has 0 saturated carbocycles. The maximum Gasteiger partial charge on any atom is 0.317 e. The summed E-state index contributed by atoms with van der Waals surface area (Å²) >= 11 is 5.79. The van der Waals surface area contributed by atoms with Gasteiger partial charge in [0.15, 0.2) is 0 Å². The standard InChI is InChI=1S/C13H17ClN2O3/c1-18-7-6-15-13(17)16-8-12(9-16)19-11-4-2-10(14)3-5-11/h2-5,12H,6-9H2,1H3,(H,15,17). The third-order valence-electron chi connectivity index (χ3n) is 2.83. The van der Waals surface area contributed by atoms with E-state index in [0.29, 0.717) is 31.3 Å². The van der Waals surface area contributed by atoms with Gasteiger partial charge < -0.3 is 19.7 Å². The van der Waals surface area contributed by atoms with Crippen molar-refractivity contribution in [2.45, 2.75) is 6.10 Å². The van der Waals surface area contributed by atoms with Gasteiger partial charge in [0.2, 0.25) is 0 Å². The Bertz CT molecular complexity index is 418. The Balaban J connectivity index is 1.68. The van der Waals surface area contributed by atoms with Gasteiger partial charge in [-0.25, -0.2) is 4.79 Å². The van der Waals surface area contributed by atoms with E-state index < -0.39 is 0 Å². The highest BCUT2D eigenvalue weighted by atomic mass is 35.5. The van der Waals surface area contributed by atoms with Crippen LogP contribution in [-0.4, -0.2) is 50.4 Å². The Hall–Kier alpha value is -1.46. The van der Waals surface area contributed by atoms with E-state index in [1.54, 1.807) is 24.1 Å². The maximum atomic E-state index is 11.6. The molecule has 19 heavy (non-hydrogen) atoms. The number of carbonyl (C=O) groups excluding carboxylic acids is 1. The van der Waals surface area contributed by atoms with Crippen LogP contribution >= 0.6 is 11.6 Å². The zero-order valence-electron chi connectivity index (χ0n) is 10.8. The SMILES string of the molecule is COCCNC(=O)N1CC(Oc2ccc(Cl)cc2)C1. The fraction of sp³-hybridized carbons (Fsp3) is 0.462. The number of hydrogen-bond acceptors (Lipinski definition) is 3. The molecule has 0 unspecified atom stereocenters. The van der Waals surface area contributed by atoms with Crippen LogP contribution in [0.1, 0.15) is 0 Å². The molecule has 1 aromatic rings. The highest BCUT2D eigenvalue weighted by molar-refractivity contribution is 6.30. The number of likely N-dealkylation sites (tertiary alicyclic amines) is 1. The van der Waals surface area contributed by atoms with E-state index in [1.165, 1.54) is 0 Å². The number of ether oxygens (including phenoxy) is 2. The van der Waals surface area contributed by atoms with Crippen LogP contribution in [0.4, 0.5) is 4.79 Å². The summed E-state index contributed by atoms with van der Waals surface area (Å²) in [7, 11) is 1.60. The predicted octanol–water partition coefficient (Wildman–Crippen LogP) is 1.76. The van der Waals surface area contributed by atoms with Crippen LogP contribution in [0, 0.1) is 0 Å². The van der Waals surface area contributed by atoms with Crippen molar-refractivity contribution in [3.63, 3.8) is 0 Å². The molecule has 104 valence electrons. The number of benzene rings is 1. The fourth-order valence-corrected chi connectivity index (χ4v) is 1.88. The third-order valence-corrected chi connectivity index (χ3v) is 3.09. The molecule has 2 rings (SSSR count). The summed E-state index contributed by atoms with van der Waals surface area (Å²) in [6.07, 6.45) is 0.0503. The normalized spacial score (nSPS) is 14.9. The molecule has 1 aliphatic heterocycles. The van der Waals surface area contributed by atoms with Gasteiger partial charge in [0, 0.05) is 18.7 Å². The first-order valence-electron chi connectivity index (χ1n) is 6.13. The van der Waals surface area contributed by atoms with Crippen LogP contribution in [0.25, 0.3) is 0 Å². The molecule has 0 radical (unpaired) electrons. The molecule has 0 bridgehead atoms. The van der Waals surface area contributed by atoms with Gasteiger partial charge in [0.05, 0.1) is 19.7 Å². The molecule has 1 aliphatic rings. The second-order valence-corrected chi connectivity index (χ2v) is 4.76. The minimum atomic E-state index is -0.0759.